The zero-order valence-corrected chi connectivity index (χ0v) is 11.2. The number of hydrogen-bond acceptors (Lipinski definition) is 7. The number of rotatable bonds is 5. The Labute approximate surface area is 115 Å². The third-order valence-corrected chi connectivity index (χ3v) is 4.43. The number of nitrogens with two attached hydrogens (primary N) is 1. The van der Waals surface area contributed by atoms with E-state index < -0.39 is 25.5 Å². The van der Waals surface area contributed by atoms with Crippen molar-refractivity contribution in [3.63, 3.8) is 0 Å². The Hall–Kier alpha value is -1.75. The van der Waals surface area contributed by atoms with Crippen LogP contribution < -0.4 is 16.0 Å². The number of anilines is 1. The Balaban J connectivity index is 2.42. The monoisotopic (exact) mass is 302 g/mol. The lowest BCUT2D eigenvalue weighted by molar-refractivity contribution is -0.386. The molecule has 1 fully saturated rings. The van der Waals surface area contributed by atoms with E-state index in [4.69, 9.17) is 10.6 Å². The molecule has 1 aliphatic heterocycles. The smallest absolute Gasteiger partial charge is 0.313 e. The minimum atomic E-state index is -4.02. The van der Waals surface area contributed by atoms with Crippen molar-refractivity contribution in [2.75, 3.05) is 18.6 Å². The van der Waals surface area contributed by atoms with Gasteiger partial charge >= 0.3 is 5.69 Å². The van der Waals surface area contributed by atoms with Crippen molar-refractivity contribution in [3.8, 4) is 0 Å². The van der Waals surface area contributed by atoms with Gasteiger partial charge in [0.05, 0.1) is 11.5 Å². The number of ether oxygens (including phenoxy) is 1. The molecule has 1 saturated heterocycles. The number of nitro benzene ring substituents is 1. The summed E-state index contributed by atoms with van der Waals surface area (Å²) in [5.74, 6) is 5.17. The van der Waals surface area contributed by atoms with Gasteiger partial charge in [-0.15, -0.1) is 0 Å². The fourth-order valence-corrected chi connectivity index (χ4v) is 3.40. The quantitative estimate of drug-likeness (QED) is 0.394. The molecule has 10 heteroatoms. The molecule has 1 atom stereocenters. The average Bonchev–Trinajstić information content (AvgIpc) is 2.89. The van der Waals surface area contributed by atoms with Crippen molar-refractivity contribution < 1.29 is 18.1 Å². The van der Waals surface area contributed by atoms with Gasteiger partial charge in [-0.05, 0) is 18.6 Å². The van der Waals surface area contributed by atoms with E-state index in [2.05, 4.69) is 10.1 Å². The van der Waals surface area contributed by atoms with Gasteiger partial charge in [0, 0.05) is 12.6 Å². The van der Waals surface area contributed by atoms with Crippen LogP contribution in [0.1, 0.15) is 6.42 Å². The first-order valence-corrected chi connectivity index (χ1v) is 7.28. The normalized spacial score (nSPS) is 18.9. The summed E-state index contributed by atoms with van der Waals surface area (Å²) in [6.45, 7) is 0.710. The minimum Gasteiger partial charge on any atom is -0.380 e. The number of nitrogens with zero attached hydrogens (tertiary/aromatic N) is 1. The topological polar surface area (TPSA) is 137 Å². The fraction of sp³-hybridized carbons (Fsp3) is 0.400. The van der Waals surface area contributed by atoms with E-state index in [1.807, 2.05) is 0 Å². The molecule has 0 saturated carbocycles. The zero-order valence-electron chi connectivity index (χ0n) is 10.4. The summed E-state index contributed by atoms with van der Waals surface area (Å²) in [6.07, 6.45) is 0.530. The number of sulfonamides is 1. The van der Waals surface area contributed by atoms with Crippen molar-refractivity contribution in [2.24, 2.45) is 5.84 Å². The van der Waals surface area contributed by atoms with E-state index in [0.717, 1.165) is 6.07 Å². The molecule has 0 aromatic heterocycles. The van der Waals surface area contributed by atoms with Crippen LogP contribution in [0.5, 0.6) is 0 Å². The first kappa shape index (κ1) is 14.7. The Bertz CT molecular complexity index is 612. The fourth-order valence-electron chi connectivity index (χ4n) is 1.95. The Morgan fingerprint density at radius 2 is 2.20 bits per heavy atom. The number of benzene rings is 1. The van der Waals surface area contributed by atoms with Crippen LogP contribution in [0.15, 0.2) is 23.1 Å². The van der Waals surface area contributed by atoms with Crippen LogP contribution in [0.4, 0.5) is 11.4 Å². The second-order valence-corrected chi connectivity index (χ2v) is 5.92. The van der Waals surface area contributed by atoms with Crippen molar-refractivity contribution >= 4 is 21.4 Å². The number of nitrogens with one attached hydrogen (secondary N) is 2. The second-order valence-electron chi connectivity index (χ2n) is 4.24. The van der Waals surface area contributed by atoms with E-state index >= 15 is 0 Å². The highest BCUT2D eigenvalue weighted by Crippen LogP contribution is 2.31. The molecule has 4 N–H and O–H groups in total. The van der Waals surface area contributed by atoms with Crippen LogP contribution in [0.2, 0.25) is 0 Å². The molecule has 2 rings (SSSR count). The third kappa shape index (κ3) is 2.88. The predicted molar refractivity (Wildman–Crippen MR) is 70.5 cm³/mol. The van der Waals surface area contributed by atoms with E-state index in [0.29, 0.717) is 13.0 Å². The predicted octanol–water partition coefficient (Wildman–Crippen LogP) is -0.0524. The van der Waals surface area contributed by atoms with Crippen molar-refractivity contribution in [3.05, 3.63) is 28.3 Å². The molecule has 1 aromatic rings. The molecular formula is C10H14N4O5S. The lowest BCUT2D eigenvalue weighted by Crippen LogP contribution is -2.35. The van der Waals surface area contributed by atoms with E-state index in [1.54, 1.807) is 0 Å². The van der Waals surface area contributed by atoms with E-state index in [-0.39, 0.29) is 18.3 Å². The standard InChI is InChI=1S/C10H14N4O5S/c11-12-8-2-1-3-9(10(8)14(15)16)20(17,18)13-7-4-5-19-6-7/h1-3,7,12-13H,4-6,11H2. The SMILES string of the molecule is NNc1cccc(S(=O)(=O)NC2CCOC2)c1[N+](=O)[O-]. The van der Waals surface area contributed by atoms with E-state index in [9.17, 15) is 18.5 Å². The Kier molecular flexibility index (Phi) is 4.18. The van der Waals surface area contributed by atoms with Gasteiger partial charge in [-0.2, -0.15) is 0 Å². The van der Waals surface area contributed by atoms with Crippen LogP contribution in [-0.4, -0.2) is 32.6 Å². The summed E-state index contributed by atoms with van der Waals surface area (Å²) in [6, 6.07) is 3.49. The molecule has 1 unspecified atom stereocenters. The number of nitro groups is 1. The van der Waals surface area contributed by atoms with Crippen molar-refractivity contribution in [1.29, 1.82) is 0 Å². The zero-order chi connectivity index (χ0) is 14.8. The van der Waals surface area contributed by atoms with Crippen LogP contribution in [0.25, 0.3) is 0 Å². The molecule has 0 spiro atoms. The lowest BCUT2D eigenvalue weighted by Gasteiger charge is -2.12. The van der Waals surface area contributed by atoms with Crippen molar-refractivity contribution in [2.45, 2.75) is 17.4 Å². The molecule has 110 valence electrons. The maximum absolute atomic E-state index is 12.2. The molecule has 1 aliphatic rings. The van der Waals surface area contributed by atoms with Crippen LogP contribution in [-0.2, 0) is 14.8 Å². The molecule has 9 nitrogen and oxygen atoms in total. The van der Waals surface area contributed by atoms with Gasteiger partial charge in [0.15, 0.2) is 4.90 Å². The largest absolute Gasteiger partial charge is 0.380 e. The number of hydrazine groups is 1. The maximum atomic E-state index is 12.2. The summed E-state index contributed by atoms with van der Waals surface area (Å²) >= 11 is 0. The summed E-state index contributed by atoms with van der Waals surface area (Å²) < 4.78 is 31.9. The first-order chi connectivity index (χ1) is 9.45. The highest BCUT2D eigenvalue weighted by atomic mass is 32.2. The van der Waals surface area contributed by atoms with Crippen molar-refractivity contribution in [1.82, 2.24) is 4.72 Å². The molecule has 0 amide bonds. The number of hydrogen-bond donors (Lipinski definition) is 3. The highest BCUT2D eigenvalue weighted by Gasteiger charge is 2.31. The molecule has 1 aromatic carbocycles. The second kappa shape index (κ2) is 5.71. The van der Waals surface area contributed by atoms with Crippen LogP contribution >= 0.6 is 0 Å². The lowest BCUT2D eigenvalue weighted by atomic mass is 10.3. The molecule has 20 heavy (non-hydrogen) atoms. The first-order valence-electron chi connectivity index (χ1n) is 5.80. The van der Waals surface area contributed by atoms with E-state index in [1.165, 1.54) is 12.1 Å². The molecule has 1 heterocycles. The van der Waals surface area contributed by atoms with Crippen LogP contribution in [0, 0.1) is 10.1 Å². The summed E-state index contributed by atoms with van der Waals surface area (Å²) in [4.78, 5) is 9.87. The van der Waals surface area contributed by atoms with Gasteiger partial charge in [-0.25, -0.2) is 13.1 Å². The van der Waals surface area contributed by atoms with Gasteiger partial charge in [0.2, 0.25) is 10.0 Å². The Morgan fingerprint density at radius 3 is 2.75 bits per heavy atom. The summed E-state index contributed by atoms with van der Waals surface area (Å²) in [7, 11) is -4.02. The minimum absolute atomic E-state index is 0.0689. The molecule has 0 aliphatic carbocycles. The van der Waals surface area contributed by atoms with Gasteiger partial charge in [0.1, 0.15) is 5.69 Å². The number of nitrogen functional groups attached to an aromatic ring is 1. The summed E-state index contributed by atoms with van der Waals surface area (Å²) in [5, 5.41) is 11.1. The van der Waals surface area contributed by atoms with Gasteiger partial charge < -0.3 is 10.2 Å². The number of para-hydroxylation sites is 1. The molecular weight excluding hydrogens is 288 g/mol. The maximum Gasteiger partial charge on any atom is 0.313 e. The van der Waals surface area contributed by atoms with Gasteiger partial charge in [-0.3, -0.25) is 16.0 Å². The highest BCUT2D eigenvalue weighted by molar-refractivity contribution is 7.89. The third-order valence-electron chi connectivity index (χ3n) is 2.88. The molecule has 0 radical (unpaired) electrons. The van der Waals surface area contributed by atoms with Crippen LogP contribution in [0.3, 0.4) is 0 Å². The van der Waals surface area contributed by atoms with Gasteiger partial charge in [-0.1, -0.05) is 6.07 Å². The summed E-state index contributed by atoms with van der Waals surface area (Å²) in [5.41, 5.74) is 1.47. The average molecular weight is 302 g/mol. The van der Waals surface area contributed by atoms with Gasteiger partial charge in [0.25, 0.3) is 0 Å². The molecule has 0 bridgehead atoms. The Morgan fingerprint density at radius 1 is 1.45 bits per heavy atom.